The van der Waals surface area contributed by atoms with Crippen LogP contribution in [0.1, 0.15) is 117 Å². The van der Waals surface area contributed by atoms with Gasteiger partial charge in [-0.15, -0.1) is 0 Å². The lowest BCUT2D eigenvalue weighted by Crippen LogP contribution is -2.31. The molecule has 0 N–H and O–H groups in total. The van der Waals surface area contributed by atoms with E-state index < -0.39 is 0 Å². The van der Waals surface area contributed by atoms with E-state index in [1.165, 1.54) is 37.4 Å². The van der Waals surface area contributed by atoms with Crippen LogP contribution in [0, 0.1) is 0 Å². The number of thioether (sulfide) groups is 1. The van der Waals surface area contributed by atoms with Crippen molar-refractivity contribution in [2.75, 3.05) is 46.1 Å². The van der Waals surface area contributed by atoms with Gasteiger partial charge in [0.25, 0.3) is 5.24 Å². The summed E-state index contributed by atoms with van der Waals surface area (Å²) in [4.78, 5) is 41.6. The van der Waals surface area contributed by atoms with E-state index in [2.05, 4.69) is 45.1 Å². The van der Waals surface area contributed by atoms with Gasteiger partial charge in [0.15, 0.2) is 0 Å². The molecule has 0 aliphatic carbocycles. The fraction of sp³-hybridized carbons (Fsp3) is 0.743. The Hall–Kier alpha value is -2.06. The van der Waals surface area contributed by atoms with Crippen LogP contribution >= 0.6 is 11.8 Å². The number of esters is 2. The fourth-order valence-corrected chi connectivity index (χ4v) is 5.11. The Bertz CT molecular complexity index is 797. The standard InChI is InChI=1S/C35H62N2O5S/c1-6-9-12-14-15-17-20-30-41-33(38)25-21-27-37(35(40)43-31-29-36(4)5)28-22-26-34(39)42-32(23-18-11-8-3)24-19-16-13-10-7-2/h13,16-18,20,23,32H,6-12,14-15,19,21-22,24-31H2,1-5H3/b16-13+,20-17-,23-18+. The molecule has 0 spiro atoms. The van der Waals surface area contributed by atoms with Gasteiger partial charge in [0.2, 0.25) is 0 Å². The second kappa shape index (κ2) is 30.0. The van der Waals surface area contributed by atoms with Gasteiger partial charge >= 0.3 is 11.9 Å². The van der Waals surface area contributed by atoms with E-state index in [4.69, 9.17) is 9.47 Å². The van der Waals surface area contributed by atoms with E-state index in [-0.39, 0.29) is 36.1 Å². The Labute approximate surface area is 267 Å². The topological polar surface area (TPSA) is 76.1 Å². The summed E-state index contributed by atoms with van der Waals surface area (Å²) in [5, 5.41) is -0.0196. The molecule has 0 saturated heterocycles. The molecule has 43 heavy (non-hydrogen) atoms. The Morgan fingerprint density at radius 3 is 2.02 bits per heavy atom. The van der Waals surface area contributed by atoms with Crippen LogP contribution in [0.15, 0.2) is 36.5 Å². The minimum Gasteiger partial charge on any atom is -0.461 e. The van der Waals surface area contributed by atoms with Gasteiger partial charge in [0.1, 0.15) is 12.7 Å². The smallest absolute Gasteiger partial charge is 0.306 e. The number of amides is 1. The molecular formula is C35H62N2O5S. The highest BCUT2D eigenvalue weighted by Gasteiger charge is 2.17. The molecule has 0 heterocycles. The molecule has 8 heteroatoms. The molecule has 7 nitrogen and oxygen atoms in total. The number of unbranched alkanes of at least 4 members (excludes halogenated alkanes) is 6. The van der Waals surface area contributed by atoms with Crippen LogP contribution in [-0.4, -0.2) is 79.2 Å². The third-order valence-corrected chi connectivity index (χ3v) is 7.59. The summed E-state index contributed by atoms with van der Waals surface area (Å²) < 4.78 is 11.1. The Morgan fingerprint density at radius 1 is 0.698 bits per heavy atom. The SMILES string of the molecule is CCC/C=C/CCC(/C=C/CCC)OC(=O)CCCN(CCCC(=O)OC/C=C\CCCCCC)C(=O)SCCN(C)C. The van der Waals surface area contributed by atoms with E-state index in [0.29, 0.717) is 38.3 Å². The first kappa shape index (κ1) is 40.9. The van der Waals surface area contributed by atoms with E-state index in [1.807, 2.05) is 31.1 Å². The third kappa shape index (κ3) is 27.2. The Morgan fingerprint density at radius 2 is 1.35 bits per heavy atom. The second-order valence-electron chi connectivity index (χ2n) is 11.2. The van der Waals surface area contributed by atoms with Crippen molar-refractivity contribution in [2.45, 2.75) is 123 Å². The van der Waals surface area contributed by atoms with Crippen molar-refractivity contribution in [3.8, 4) is 0 Å². The summed E-state index contributed by atoms with van der Waals surface area (Å²) >= 11 is 1.28. The molecule has 248 valence electrons. The first-order chi connectivity index (χ1) is 20.8. The summed E-state index contributed by atoms with van der Waals surface area (Å²) in [6.07, 6.45) is 25.5. The van der Waals surface area contributed by atoms with Crippen LogP contribution in [0.3, 0.4) is 0 Å². The van der Waals surface area contributed by atoms with Gasteiger partial charge < -0.3 is 19.3 Å². The monoisotopic (exact) mass is 622 g/mol. The molecule has 0 aromatic carbocycles. The average molecular weight is 623 g/mol. The molecule has 0 aromatic heterocycles. The fourth-order valence-electron chi connectivity index (χ4n) is 4.12. The highest BCUT2D eigenvalue weighted by Crippen LogP contribution is 2.14. The maximum absolute atomic E-state index is 12.9. The largest absolute Gasteiger partial charge is 0.461 e. The van der Waals surface area contributed by atoms with E-state index >= 15 is 0 Å². The van der Waals surface area contributed by atoms with Crippen LogP contribution in [0.25, 0.3) is 0 Å². The number of rotatable bonds is 27. The number of carbonyl (C=O) groups is 3. The normalized spacial score (nSPS) is 12.5. The van der Waals surface area contributed by atoms with Crippen molar-refractivity contribution >= 4 is 28.9 Å². The van der Waals surface area contributed by atoms with Crippen LogP contribution < -0.4 is 0 Å². The van der Waals surface area contributed by atoms with Crippen molar-refractivity contribution in [3.63, 3.8) is 0 Å². The highest BCUT2D eigenvalue weighted by atomic mass is 32.2. The van der Waals surface area contributed by atoms with E-state index in [0.717, 1.165) is 51.5 Å². The van der Waals surface area contributed by atoms with Crippen molar-refractivity contribution in [1.82, 2.24) is 9.80 Å². The van der Waals surface area contributed by atoms with Crippen molar-refractivity contribution < 1.29 is 23.9 Å². The minimum absolute atomic E-state index is 0.0196. The molecule has 0 aromatic rings. The number of hydrogen-bond donors (Lipinski definition) is 0. The van der Waals surface area contributed by atoms with Gasteiger partial charge in [-0.1, -0.05) is 95.0 Å². The van der Waals surface area contributed by atoms with E-state index in [1.54, 1.807) is 4.90 Å². The number of ether oxygens (including phenoxy) is 2. The number of nitrogens with zero attached hydrogens (tertiary/aromatic N) is 2. The molecule has 1 atom stereocenters. The van der Waals surface area contributed by atoms with Crippen molar-refractivity contribution in [3.05, 3.63) is 36.5 Å². The van der Waals surface area contributed by atoms with Crippen molar-refractivity contribution in [1.29, 1.82) is 0 Å². The molecule has 0 rings (SSSR count). The Balaban J connectivity index is 4.73. The molecule has 0 aliphatic rings. The van der Waals surface area contributed by atoms with Gasteiger partial charge in [0, 0.05) is 38.2 Å². The first-order valence-electron chi connectivity index (χ1n) is 16.7. The molecule has 1 unspecified atom stereocenters. The maximum Gasteiger partial charge on any atom is 0.306 e. The van der Waals surface area contributed by atoms with Gasteiger partial charge in [-0.3, -0.25) is 14.4 Å². The van der Waals surface area contributed by atoms with Gasteiger partial charge in [-0.05, 0) is 71.5 Å². The van der Waals surface area contributed by atoms with E-state index in [9.17, 15) is 14.4 Å². The van der Waals surface area contributed by atoms with Crippen molar-refractivity contribution in [2.24, 2.45) is 0 Å². The molecule has 0 saturated carbocycles. The first-order valence-corrected chi connectivity index (χ1v) is 17.7. The highest BCUT2D eigenvalue weighted by molar-refractivity contribution is 8.13. The zero-order valence-electron chi connectivity index (χ0n) is 28.0. The minimum atomic E-state index is -0.251. The molecule has 0 aliphatic heterocycles. The number of hydrogen-bond acceptors (Lipinski definition) is 7. The maximum atomic E-state index is 12.9. The van der Waals surface area contributed by atoms with Crippen LogP contribution in [-0.2, 0) is 19.1 Å². The number of carbonyl (C=O) groups excluding carboxylic acids is 3. The lowest BCUT2D eigenvalue weighted by Gasteiger charge is -2.22. The summed E-state index contributed by atoms with van der Waals surface area (Å²) in [6, 6.07) is 0. The zero-order valence-corrected chi connectivity index (χ0v) is 28.8. The second-order valence-corrected chi connectivity index (χ2v) is 12.2. The number of allylic oxidation sites excluding steroid dienone is 4. The van der Waals surface area contributed by atoms with Gasteiger partial charge in [0.05, 0.1) is 0 Å². The predicted molar refractivity (Wildman–Crippen MR) is 183 cm³/mol. The Kier molecular flexibility index (Phi) is 28.6. The summed E-state index contributed by atoms with van der Waals surface area (Å²) in [6.45, 7) is 8.49. The summed E-state index contributed by atoms with van der Waals surface area (Å²) in [5.41, 5.74) is 0. The third-order valence-electron chi connectivity index (χ3n) is 6.70. The summed E-state index contributed by atoms with van der Waals surface area (Å²) in [5.74, 6) is 0.201. The lowest BCUT2D eigenvalue weighted by molar-refractivity contribution is -0.147. The molecule has 1 amide bonds. The van der Waals surface area contributed by atoms with Crippen LogP contribution in [0.2, 0.25) is 0 Å². The molecule has 0 bridgehead atoms. The molecule has 0 radical (unpaired) electrons. The average Bonchev–Trinajstić information content (AvgIpc) is 2.97. The van der Waals surface area contributed by atoms with Gasteiger partial charge in [-0.2, -0.15) is 0 Å². The predicted octanol–water partition coefficient (Wildman–Crippen LogP) is 8.74. The molecule has 0 fully saturated rings. The van der Waals surface area contributed by atoms with Crippen LogP contribution in [0.5, 0.6) is 0 Å². The zero-order chi connectivity index (χ0) is 32.0. The molecular weight excluding hydrogens is 560 g/mol. The van der Waals surface area contributed by atoms with Crippen LogP contribution in [0.4, 0.5) is 4.79 Å². The lowest BCUT2D eigenvalue weighted by atomic mass is 10.1. The quantitative estimate of drug-likeness (QED) is 0.0515. The van der Waals surface area contributed by atoms with Gasteiger partial charge in [-0.25, -0.2) is 0 Å². The summed E-state index contributed by atoms with van der Waals surface area (Å²) in [7, 11) is 3.96.